The molecule has 0 spiro atoms. The molecule has 1 aromatic rings. The van der Waals surface area contributed by atoms with Crippen molar-refractivity contribution in [2.24, 2.45) is 5.92 Å². The van der Waals surface area contributed by atoms with Gasteiger partial charge in [0.1, 0.15) is 11.5 Å². The lowest BCUT2D eigenvalue weighted by Gasteiger charge is -2.16. The maximum absolute atomic E-state index is 12.2. The fourth-order valence-electron chi connectivity index (χ4n) is 1.82. The lowest BCUT2D eigenvalue weighted by atomic mass is 10.1. The summed E-state index contributed by atoms with van der Waals surface area (Å²) in [4.78, 5) is 12.2. The third kappa shape index (κ3) is 4.13. The second-order valence-electron chi connectivity index (χ2n) is 4.22. The molecule has 0 aliphatic carbocycles. The average molecular weight is 266 g/mol. The summed E-state index contributed by atoms with van der Waals surface area (Å²) < 4.78 is 10.4. The number of hydrogen-bond donors (Lipinski definition) is 2. The highest BCUT2D eigenvalue weighted by molar-refractivity contribution is 5.94. The van der Waals surface area contributed by atoms with Gasteiger partial charge < -0.3 is 20.1 Å². The number of hydrogen-bond acceptors (Lipinski definition) is 4. The molecule has 0 saturated heterocycles. The first kappa shape index (κ1) is 15.3. The lowest BCUT2D eigenvalue weighted by molar-refractivity contribution is -0.119. The molecule has 0 radical (unpaired) electrons. The van der Waals surface area contributed by atoms with Crippen LogP contribution >= 0.6 is 0 Å². The summed E-state index contributed by atoms with van der Waals surface area (Å²) in [6.07, 6.45) is 0.777. The van der Waals surface area contributed by atoms with Gasteiger partial charge in [0.25, 0.3) is 0 Å². The molecule has 0 bridgehead atoms. The van der Waals surface area contributed by atoms with Crippen molar-refractivity contribution in [2.75, 3.05) is 33.1 Å². The maximum Gasteiger partial charge on any atom is 0.228 e. The highest BCUT2D eigenvalue weighted by atomic mass is 16.5. The quantitative estimate of drug-likeness (QED) is 0.791. The van der Waals surface area contributed by atoms with Crippen LogP contribution in [0.2, 0.25) is 0 Å². The van der Waals surface area contributed by atoms with Gasteiger partial charge in [0, 0.05) is 12.6 Å². The number of benzene rings is 1. The first-order valence-electron chi connectivity index (χ1n) is 6.33. The van der Waals surface area contributed by atoms with Gasteiger partial charge in [0.05, 0.1) is 25.8 Å². The van der Waals surface area contributed by atoms with Crippen LogP contribution in [-0.4, -0.2) is 33.7 Å². The van der Waals surface area contributed by atoms with E-state index in [0.717, 1.165) is 6.42 Å². The van der Waals surface area contributed by atoms with E-state index in [0.29, 0.717) is 23.7 Å². The Morgan fingerprint density at radius 2 is 2.05 bits per heavy atom. The Kier molecular flexibility index (Phi) is 6.15. The molecule has 106 valence electrons. The van der Waals surface area contributed by atoms with E-state index in [1.807, 2.05) is 14.0 Å². The molecule has 0 saturated carbocycles. The Morgan fingerprint density at radius 3 is 2.58 bits per heavy atom. The van der Waals surface area contributed by atoms with Crippen LogP contribution in [0.4, 0.5) is 5.69 Å². The molecule has 1 aromatic carbocycles. The van der Waals surface area contributed by atoms with Gasteiger partial charge in [-0.05, 0) is 25.6 Å². The van der Waals surface area contributed by atoms with Crippen molar-refractivity contribution in [1.82, 2.24) is 5.32 Å². The van der Waals surface area contributed by atoms with Crippen LogP contribution in [0.3, 0.4) is 0 Å². The van der Waals surface area contributed by atoms with E-state index < -0.39 is 0 Å². The van der Waals surface area contributed by atoms with E-state index in [1.165, 1.54) is 0 Å². The minimum Gasteiger partial charge on any atom is -0.497 e. The van der Waals surface area contributed by atoms with Gasteiger partial charge in [-0.2, -0.15) is 0 Å². The van der Waals surface area contributed by atoms with Crippen LogP contribution < -0.4 is 20.1 Å². The maximum atomic E-state index is 12.2. The zero-order valence-electron chi connectivity index (χ0n) is 11.9. The summed E-state index contributed by atoms with van der Waals surface area (Å²) in [7, 11) is 4.99. The van der Waals surface area contributed by atoms with Gasteiger partial charge in [-0.1, -0.05) is 6.92 Å². The van der Waals surface area contributed by atoms with Crippen molar-refractivity contribution in [3.05, 3.63) is 18.2 Å². The Bertz CT molecular complexity index is 421. The summed E-state index contributed by atoms with van der Waals surface area (Å²) in [6, 6.07) is 5.32. The number of anilines is 1. The molecule has 0 fully saturated rings. The minimum atomic E-state index is -0.0686. The van der Waals surface area contributed by atoms with Crippen molar-refractivity contribution in [3.8, 4) is 11.5 Å². The monoisotopic (exact) mass is 266 g/mol. The van der Waals surface area contributed by atoms with Gasteiger partial charge in [-0.15, -0.1) is 0 Å². The molecule has 19 heavy (non-hydrogen) atoms. The van der Waals surface area contributed by atoms with E-state index >= 15 is 0 Å². The Labute approximate surface area is 114 Å². The molecule has 5 heteroatoms. The largest absolute Gasteiger partial charge is 0.497 e. The number of carbonyl (C=O) groups is 1. The summed E-state index contributed by atoms with van der Waals surface area (Å²) in [5.74, 6) is 1.20. The highest BCUT2D eigenvalue weighted by Crippen LogP contribution is 2.29. The van der Waals surface area contributed by atoms with Crippen molar-refractivity contribution in [1.29, 1.82) is 0 Å². The molecule has 1 rings (SSSR count). The summed E-state index contributed by atoms with van der Waals surface area (Å²) in [5, 5.41) is 5.91. The van der Waals surface area contributed by atoms with Crippen LogP contribution in [-0.2, 0) is 4.79 Å². The zero-order valence-corrected chi connectivity index (χ0v) is 11.9. The fourth-order valence-corrected chi connectivity index (χ4v) is 1.82. The molecule has 0 heterocycles. The number of carbonyl (C=O) groups excluding carboxylic acids is 1. The first-order valence-corrected chi connectivity index (χ1v) is 6.33. The number of amides is 1. The molecule has 1 atom stereocenters. The number of rotatable bonds is 7. The third-order valence-corrected chi connectivity index (χ3v) is 2.98. The van der Waals surface area contributed by atoms with E-state index in [2.05, 4.69) is 10.6 Å². The van der Waals surface area contributed by atoms with Crippen LogP contribution in [0, 0.1) is 5.92 Å². The summed E-state index contributed by atoms with van der Waals surface area (Å²) in [6.45, 7) is 2.64. The van der Waals surface area contributed by atoms with Crippen LogP contribution in [0.5, 0.6) is 11.5 Å². The van der Waals surface area contributed by atoms with Crippen LogP contribution in [0.25, 0.3) is 0 Å². The molecule has 1 unspecified atom stereocenters. The van der Waals surface area contributed by atoms with Crippen molar-refractivity contribution in [2.45, 2.75) is 13.3 Å². The van der Waals surface area contributed by atoms with Gasteiger partial charge in [0.15, 0.2) is 0 Å². The molecular formula is C14H22N2O3. The van der Waals surface area contributed by atoms with E-state index in [-0.39, 0.29) is 11.8 Å². The topological polar surface area (TPSA) is 59.6 Å². The SMILES string of the molecule is CCC(CNC)C(=O)Nc1cc(OC)ccc1OC. The molecule has 0 aliphatic rings. The second-order valence-corrected chi connectivity index (χ2v) is 4.22. The fraction of sp³-hybridized carbons (Fsp3) is 0.500. The van der Waals surface area contributed by atoms with Crippen LogP contribution in [0.15, 0.2) is 18.2 Å². The minimum absolute atomic E-state index is 0.0246. The van der Waals surface area contributed by atoms with E-state index in [9.17, 15) is 4.79 Å². The smallest absolute Gasteiger partial charge is 0.228 e. The summed E-state index contributed by atoms with van der Waals surface area (Å²) >= 11 is 0. The average Bonchev–Trinajstić information content (AvgIpc) is 2.44. The van der Waals surface area contributed by atoms with E-state index in [4.69, 9.17) is 9.47 Å². The van der Waals surface area contributed by atoms with Crippen molar-refractivity contribution >= 4 is 11.6 Å². The third-order valence-electron chi connectivity index (χ3n) is 2.98. The van der Waals surface area contributed by atoms with Gasteiger partial charge in [-0.25, -0.2) is 0 Å². The second kappa shape index (κ2) is 7.63. The number of ether oxygens (including phenoxy) is 2. The zero-order chi connectivity index (χ0) is 14.3. The Morgan fingerprint density at radius 1 is 1.32 bits per heavy atom. The number of nitrogens with one attached hydrogen (secondary N) is 2. The normalized spacial score (nSPS) is 11.8. The van der Waals surface area contributed by atoms with Gasteiger partial charge in [-0.3, -0.25) is 4.79 Å². The summed E-state index contributed by atoms with van der Waals surface area (Å²) in [5.41, 5.74) is 0.626. The molecule has 2 N–H and O–H groups in total. The molecule has 1 amide bonds. The first-order chi connectivity index (χ1) is 9.15. The van der Waals surface area contributed by atoms with Crippen molar-refractivity contribution < 1.29 is 14.3 Å². The molecule has 0 aromatic heterocycles. The standard InChI is InChI=1S/C14H22N2O3/c1-5-10(9-15-2)14(17)16-12-8-11(18-3)6-7-13(12)19-4/h6-8,10,15H,5,9H2,1-4H3,(H,16,17). The van der Waals surface area contributed by atoms with Gasteiger partial charge >= 0.3 is 0 Å². The molecule has 5 nitrogen and oxygen atoms in total. The molecule has 0 aliphatic heterocycles. The molecular weight excluding hydrogens is 244 g/mol. The predicted molar refractivity (Wildman–Crippen MR) is 75.9 cm³/mol. The Hall–Kier alpha value is -1.75. The highest BCUT2D eigenvalue weighted by Gasteiger charge is 2.17. The predicted octanol–water partition coefficient (Wildman–Crippen LogP) is 1.89. The number of methoxy groups -OCH3 is 2. The lowest BCUT2D eigenvalue weighted by Crippen LogP contribution is -2.30. The van der Waals surface area contributed by atoms with E-state index in [1.54, 1.807) is 32.4 Å². The van der Waals surface area contributed by atoms with Crippen LogP contribution in [0.1, 0.15) is 13.3 Å². The van der Waals surface area contributed by atoms with Crippen molar-refractivity contribution in [3.63, 3.8) is 0 Å². The Balaban J connectivity index is 2.87. The van der Waals surface area contributed by atoms with Gasteiger partial charge in [0.2, 0.25) is 5.91 Å².